The van der Waals surface area contributed by atoms with E-state index in [0.29, 0.717) is 26.4 Å². The van der Waals surface area contributed by atoms with Crippen LogP contribution >= 0.6 is 0 Å². The van der Waals surface area contributed by atoms with Crippen LogP contribution in [-0.4, -0.2) is 43.7 Å². The first-order valence-electron chi connectivity index (χ1n) is 4.36. The first-order valence-corrected chi connectivity index (χ1v) is 5.51. The fourth-order valence-electron chi connectivity index (χ4n) is 0.660. The summed E-state index contributed by atoms with van der Waals surface area (Å²) in [4.78, 5) is 0. The van der Waals surface area contributed by atoms with Gasteiger partial charge in [0.25, 0.3) is 0 Å². The zero-order valence-electron chi connectivity index (χ0n) is 8.23. The van der Waals surface area contributed by atoms with Gasteiger partial charge in [0.2, 0.25) is 0 Å². The van der Waals surface area contributed by atoms with Gasteiger partial charge in [0.05, 0.1) is 0 Å². The van der Waals surface area contributed by atoms with Crippen molar-refractivity contribution in [2.24, 2.45) is 0 Å². The third-order valence-corrected chi connectivity index (χ3v) is 2.46. The Hall–Kier alpha value is 0.944. The molecule has 0 aliphatic carbocycles. The van der Waals surface area contributed by atoms with Crippen molar-refractivity contribution in [2.75, 3.05) is 26.4 Å². The topological polar surface area (TPSA) is 47.9 Å². The van der Waals surface area contributed by atoms with Crippen LogP contribution in [0.25, 0.3) is 0 Å². The molecule has 1 N–H and O–H groups in total. The summed E-state index contributed by atoms with van der Waals surface area (Å²) in [6, 6.07) is 0. The molecule has 13 heavy (non-hydrogen) atoms. The SMILES string of the molecule is CC(O)COCCOCC(C)[O][Y]. The molecule has 0 aromatic heterocycles. The maximum atomic E-state index is 8.85. The molecule has 0 heterocycles. The predicted molar refractivity (Wildman–Crippen MR) is 43.9 cm³/mol. The Bertz CT molecular complexity index is 110. The van der Waals surface area contributed by atoms with Crippen molar-refractivity contribution in [3.8, 4) is 0 Å². The molecule has 0 aliphatic rings. The average molecular weight is 266 g/mol. The van der Waals surface area contributed by atoms with Gasteiger partial charge in [-0.3, -0.25) is 0 Å². The Balaban J connectivity index is 2.99. The summed E-state index contributed by atoms with van der Waals surface area (Å²) in [5.74, 6) is 0. The number of aliphatic hydroxyl groups is 1. The second-order valence-electron chi connectivity index (χ2n) is 2.95. The van der Waals surface area contributed by atoms with Gasteiger partial charge in [-0.2, -0.15) is 0 Å². The van der Waals surface area contributed by atoms with Gasteiger partial charge in [-0.1, -0.05) is 0 Å². The van der Waals surface area contributed by atoms with Crippen molar-refractivity contribution in [1.82, 2.24) is 0 Å². The van der Waals surface area contributed by atoms with Crippen LogP contribution < -0.4 is 0 Å². The summed E-state index contributed by atoms with van der Waals surface area (Å²) in [6.07, 6.45) is -0.220. The second kappa shape index (κ2) is 9.50. The van der Waals surface area contributed by atoms with Crippen LogP contribution in [-0.2, 0) is 43.0 Å². The van der Waals surface area contributed by atoms with E-state index in [4.69, 9.17) is 16.6 Å². The van der Waals surface area contributed by atoms with Crippen LogP contribution in [0, 0.1) is 0 Å². The monoisotopic (exact) mass is 266 g/mol. The van der Waals surface area contributed by atoms with Crippen molar-refractivity contribution in [2.45, 2.75) is 26.1 Å². The van der Waals surface area contributed by atoms with E-state index < -0.39 is 6.10 Å². The molecule has 0 aromatic rings. The molecule has 0 radical (unpaired) electrons. The first kappa shape index (κ1) is 13.9. The van der Waals surface area contributed by atoms with Crippen LogP contribution in [0.1, 0.15) is 13.8 Å². The quantitative estimate of drug-likeness (QED) is 0.640. The van der Waals surface area contributed by atoms with E-state index in [2.05, 4.69) is 0 Å². The van der Waals surface area contributed by atoms with E-state index in [-0.39, 0.29) is 6.10 Å². The Morgan fingerprint density at radius 1 is 1.15 bits per heavy atom. The normalized spacial score (nSPS) is 15.5. The zero-order valence-corrected chi connectivity index (χ0v) is 11.1. The molecule has 76 valence electrons. The molecule has 5 heteroatoms. The third kappa shape index (κ3) is 10.9. The molecule has 2 atom stereocenters. The number of hydrogen-bond acceptors (Lipinski definition) is 4. The predicted octanol–water partition coefficient (Wildman–Crippen LogP) is 0.267. The summed E-state index contributed by atoms with van der Waals surface area (Å²) in [5.41, 5.74) is 0. The van der Waals surface area contributed by atoms with Gasteiger partial charge >= 0.3 is 101 Å². The van der Waals surface area contributed by atoms with Crippen LogP contribution in [0.3, 0.4) is 0 Å². The molecule has 4 nitrogen and oxygen atoms in total. The van der Waals surface area contributed by atoms with Crippen molar-refractivity contribution in [3.63, 3.8) is 0 Å². The van der Waals surface area contributed by atoms with Gasteiger partial charge < -0.3 is 0 Å². The number of hydrogen-bond donors (Lipinski definition) is 1. The maximum absolute atomic E-state index is 8.85. The minimum absolute atomic E-state index is 0.180. The minimum atomic E-state index is -0.400. The van der Waals surface area contributed by atoms with E-state index in [9.17, 15) is 0 Å². The van der Waals surface area contributed by atoms with Crippen molar-refractivity contribution in [3.05, 3.63) is 0 Å². The number of ether oxygens (including phenoxy) is 2. The van der Waals surface area contributed by atoms with Gasteiger partial charge in [0, 0.05) is 0 Å². The molecule has 0 fully saturated rings. The van der Waals surface area contributed by atoms with Gasteiger partial charge in [-0.05, 0) is 0 Å². The molecule has 0 spiro atoms. The third-order valence-electron chi connectivity index (χ3n) is 1.32. The van der Waals surface area contributed by atoms with E-state index in [1.165, 1.54) is 0 Å². The Labute approximate surface area is 100 Å². The molecular formula is C8H17O4Y. The fraction of sp³-hybridized carbons (Fsp3) is 1.00. The molecule has 0 bridgehead atoms. The first-order chi connectivity index (χ1) is 6.16. The van der Waals surface area contributed by atoms with Crippen molar-refractivity contribution >= 4 is 0 Å². The van der Waals surface area contributed by atoms with Gasteiger partial charge in [-0.15, -0.1) is 0 Å². The fourth-order valence-corrected chi connectivity index (χ4v) is 0.853. The molecule has 0 amide bonds. The molecule has 0 rings (SSSR count). The van der Waals surface area contributed by atoms with E-state index in [1.54, 1.807) is 6.92 Å². The molecule has 0 saturated heterocycles. The molecule has 0 aromatic carbocycles. The van der Waals surface area contributed by atoms with E-state index in [1.807, 2.05) is 6.92 Å². The summed E-state index contributed by atoms with van der Waals surface area (Å²) in [7, 11) is 0. The number of rotatable bonds is 8. The van der Waals surface area contributed by atoms with Crippen molar-refractivity contribution in [1.29, 1.82) is 0 Å². The van der Waals surface area contributed by atoms with Gasteiger partial charge in [0.15, 0.2) is 0 Å². The van der Waals surface area contributed by atoms with Gasteiger partial charge in [0.1, 0.15) is 0 Å². The Morgan fingerprint density at radius 2 is 1.69 bits per heavy atom. The van der Waals surface area contributed by atoms with Crippen LogP contribution in [0.15, 0.2) is 0 Å². The van der Waals surface area contributed by atoms with E-state index >= 15 is 0 Å². The standard InChI is InChI=1S/C8H17O4.Y/c1-7(9)5-11-3-4-12-6-8(2)10;/h7-9H,3-6H2,1-2H3;/q-1;+1. The van der Waals surface area contributed by atoms with E-state index in [0.717, 1.165) is 31.5 Å². The summed E-state index contributed by atoms with van der Waals surface area (Å²) in [6.45, 7) is 5.73. The molecule has 0 aliphatic heterocycles. The second-order valence-corrected chi connectivity index (χ2v) is 3.61. The van der Waals surface area contributed by atoms with Crippen LogP contribution in [0.5, 0.6) is 0 Å². The van der Waals surface area contributed by atoms with Crippen LogP contribution in [0.4, 0.5) is 0 Å². The molecular weight excluding hydrogens is 249 g/mol. The Morgan fingerprint density at radius 3 is 2.15 bits per heavy atom. The average Bonchev–Trinajstić information content (AvgIpc) is 2.10. The molecule has 2 unspecified atom stereocenters. The molecule has 0 saturated carbocycles. The van der Waals surface area contributed by atoms with Crippen molar-refractivity contribution < 1.29 is 48.1 Å². The Kier molecular flexibility index (Phi) is 10.2. The zero-order chi connectivity index (χ0) is 10.1. The summed E-state index contributed by atoms with van der Waals surface area (Å²) < 4.78 is 15.5. The summed E-state index contributed by atoms with van der Waals surface area (Å²) >= 11 is 0.804. The van der Waals surface area contributed by atoms with Crippen LogP contribution in [0.2, 0.25) is 0 Å². The summed E-state index contributed by atoms with van der Waals surface area (Å²) in [5, 5.41) is 8.85. The van der Waals surface area contributed by atoms with Gasteiger partial charge in [-0.25, -0.2) is 0 Å². The number of aliphatic hydroxyl groups excluding tert-OH is 1.